The van der Waals surface area contributed by atoms with E-state index in [-0.39, 0.29) is 5.56 Å². The van der Waals surface area contributed by atoms with Gasteiger partial charge in [-0.05, 0) is 25.2 Å². The third-order valence-electron chi connectivity index (χ3n) is 3.17. The van der Waals surface area contributed by atoms with Crippen molar-refractivity contribution in [2.75, 3.05) is 14.2 Å². The van der Waals surface area contributed by atoms with Crippen LogP contribution in [0.25, 0.3) is 0 Å². The van der Waals surface area contributed by atoms with E-state index in [9.17, 15) is 13.2 Å². The van der Waals surface area contributed by atoms with Crippen molar-refractivity contribution in [3.05, 3.63) is 63.9 Å². The highest BCUT2D eigenvalue weighted by atomic mass is 35.5. The number of ether oxygens (including phenoxy) is 1. The maximum absolute atomic E-state index is 14.0. The quantitative estimate of drug-likeness (QED) is 0.859. The first-order valence-corrected chi connectivity index (χ1v) is 6.51. The Morgan fingerprint density at radius 3 is 2.33 bits per heavy atom. The highest BCUT2D eigenvalue weighted by Crippen LogP contribution is 2.33. The monoisotopic (exact) mass is 315 g/mol. The predicted octanol–water partition coefficient (Wildman–Crippen LogP) is 4.07. The number of nitrogens with one attached hydrogen (secondary N) is 1. The Kier molecular flexibility index (Phi) is 4.75. The second kappa shape index (κ2) is 6.37. The Labute approximate surface area is 125 Å². The van der Waals surface area contributed by atoms with E-state index in [1.165, 1.54) is 13.2 Å². The maximum Gasteiger partial charge on any atom is 0.194 e. The van der Waals surface area contributed by atoms with Gasteiger partial charge in [0.15, 0.2) is 17.5 Å². The Morgan fingerprint density at radius 1 is 1.05 bits per heavy atom. The summed E-state index contributed by atoms with van der Waals surface area (Å²) in [5, 5.41) is 3.32. The first-order valence-electron chi connectivity index (χ1n) is 6.13. The third-order valence-corrected chi connectivity index (χ3v) is 3.41. The molecule has 2 aromatic carbocycles. The Morgan fingerprint density at radius 2 is 1.71 bits per heavy atom. The standard InChI is InChI=1S/C15H13ClF3NO/c1-20-15(9-4-3-8(16)7-12(9)21-2)10-5-6-11(17)14(19)13(10)18/h3-7,15,20H,1-2H3. The van der Waals surface area contributed by atoms with Crippen molar-refractivity contribution in [1.29, 1.82) is 0 Å². The number of hydrogen-bond acceptors (Lipinski definition) is 2. The molecular weight excluding hydrogens is 303 g/mol. The molecule has 1 unspecified atom stereocenters. The molecule has 21 heavy (non-hydrogen) atoms. The summed E-state index contributed by atoms with van der Waals surface area (Å²) in [7, 11) is 3.03. The van der Waals surface area contributed by atoms with Gasteiger partial charge >= 0.3 is 0 Å². The lowest BCUT2D eigenvalue weighted by atomic mass is 9.97. The van der Waals surface area contributed by atoms with Crippen LogP contribution in [0.1, 0.15) is 17.2 Å². The zero-order chi connectivity index (χ0) is 15.6. The molecular formula is C15H13ClF3NO. The van der Waals surface area contributed by atoms with Gasteiger partial charge in [-0.1, -0.05) is 23.7 Å². The zero-order valence-electron chi connectivity index (χ0n) is 11.4. The van der Waals surface area contributed by atoms with Gasteiger partial charge in [0.25, 0.3) is 0 Å². The van der Waals surface area contributed by atoms with Crippen LogP contribution in [0.5, 0.6) is 5.75 Å². The molecule has 0 bridgehead atoms. The molecule has 2 aromatic rings. The minimum atomic E-state index is -1.50. The zero-order valence-corrected chi connectivity index (χ0v) is 12.1. The van der Waals surface area contributed by atoms with Crippen molar-refractivity contribution in [1.82, 2.24) is 5.32 Å². The summed E-state index contributed by atoms with van der Waals surface area (Å²) in [6.07, 6.45) is 0. The van der Waals surface area contributed by atoms with Crippen LogP contribution >= 0.6 is 11.6 Å². The molecule has 0 saturated carbocycles. The molecule has 112 valence electrons. The average molecular weight is 316 g/mol. The minimum Gasteiger partial charge on any atom is -0.496 e. The molecule has 0 saturated heterocycles. The van der Waals surface area contributed by atoms with Gasteiger partial charge in [0.1, 0.15) is 5.75 Å². The molecule has 6 heteroatoms. The van der Waals surface area contributed by atoms with E-state index in [0.29, 0.717) is 16.3 Å². The van der Waals surface area contributed by atoms with Crippen molar-refractivity contribution in [2.45, 2.75) is 6.04 Å². The molecule has 0 spiro atoms. The van der Waals surface area contributed by atoms with Gasteiger partial charge in [0, 0.05) is 16.1 Å². The molecule has 2 nitrogen and oxygen atoms in total. The second-order valence-electron chi connectivity index (χ2n) is 4.37. The van der Waals surface area contributed by atoms with E-state index in [0.717, 1.165) is 6.07 Å². The summed E-state index contributed by atoms with van der Waals surface area (Å²) in [5.41, 5.74) is 0.548. The summed E-state index contributed by atoms with van der Waals surface area (Å²) in [5.74, 6) is -3.54. The molecule has 1 N–H and O–H groups in total. The number of halogens is 4. The van der Waals surface area contributed by atoms with Crippen LogP contribution in [0.4, 0.5) is 13.2 Å². The van der Waals surface area contributed by atoms with Gasteiger partial charge in [-0.25, -0.2) is 13.2 Å². The fraction of sp³-hybridized carbons (Fsp3) is 0.200. The lowest BCUT2D eigenvalue weighted by molar-refractivity contribution is 0.402. The minimum absolute atomic E-state index is 0.0166. The fourth-order valence-corrected chi connectivity index (χ4v) is 2.33. The molecule has 0 amide bonds. The lowest BCUT2D eigenvalue weighted by Gasteiger charge is -2.20. The molecule has 0 aliphatic heterocycles. The molecule has 0 fully saturated rings. The van der Waals surface area contributed by atoms with Gasteiger partial charge < -0.3 is 10.1 Å². The highest BCUT2D eigenvalue weighted by Gasteiger charge is 2.23. The summed E-state index contributed by atoms with van der Waals surface area (Å²) < 4.78 is 45.7. The van der Waals surface area contributed by atoms with Crippen molar-refractivity contribution in [3.8, 4) is 5.75 Å². The number of hydrogen-bond donors (Lipinski definition) is 1. The van der Waals surface area contributed by atoms with Crippen LogP contribution in [0, 0.1) is 17.5 Å². The molecule has 2 rings (SSSR count). The van der Waals surface area contributed by atoms with Crippen LogP contribution in [-0.4, -0.2) is 14.2 Å². The molecule has 0 aromatic heterocycles. The highest BCUT2D eigenvalue weighted by molar-refractivity contribution is 6.30. The van der Waals surface area contributed by atoms with Crippen molar-refractivity contribution < 1.29 is 17.9 Å². The number of methoxy groups -OCH3 is 1. The maximum atomic E-state index is 14.0. The summed E-state index contributed by atoms with van der Waals surface area (Å²) in [6, 6.07) is 6.21. The molecule has 1 atom stereocenters. The van der Waals surface area contributed by atoms with Gasteiger partial charge in [-0.15, -0.1) is 0 Å². The molecule has 0 heterocycles. The van der Waals surface area contributed by atoms with E-state index < -0.39 is 23.5 Å². The van der Waals surface area contributed by atoms with Crippen LogP contribution < -0.4 is 10.1 Å². The number of benzene rings is 2. The van der Waals surface area contributed by atoms with Crippen LogP contribution in [0.15, 0.2) is 30.3 Å². The van der Waals surface area contributed by atoms with E-state index in [1.54, 1.807) is 25.2 Å². The number of rotatable bonds is 4. The summed E-state index contributed by atoms with van der Waals surface area (Å²) >= 11 is 5.88. The molecule has 0 aliphatic rings. The van der Waals surface area contributed by atoms with E-state index >= 15 is 0 Å². The van der Waals surface area contributed by atoms with Gasteiger partial charge in [0.2, 0.25) is 0 Å². The average Bonchev–Trinajstić information content (AvgIpc) is 2.48. The van der Waals surface area contributed by atoms with E-state index in [2.05, 4.69) is 5.32 Å². The lowest BCUT2D eigenvalue weighted by Crippen LogP contribution is -2.20. The van der Waals surface area contributed by atoms with Crippen LogP contribution in [0.3, 0.4) is 0 Å². The summed E-state index contributed by atoms with van der Waals surface area (Å²) in [6.45, 7) is 0. The van der Waals surface area contributed by atoms with Crippen molar-refractivity contribution >= 4 is 11.6 Å². The predicted molar refractivity (Wildman–Crippen MR) is 75.2 cm³/mol. The third kappa shape index (κ3) is 2.99. The first kappa shape index (κ1) is 15.7. The normalized spacial score (nSPS) is 12.3. The Hall–Kier alpha value is -1.72. The van der Waals surface area contributed by atoms with E-state index in [1.807, 2.05) is 0 Å². The SMILES string of the molecule is CNC(c1ccc(Cl)cc1OC)c1ccc(F)c(F)c1F. The Bertz CT molecular complexity index is 664. The molecule has 0 radical (unpaired) electrons. The van der Waals surface area contributed by atoms with Crippen molar-refractivity contribution in [3.63, 3.8) is 0 Å². The van der Waals surface area contributed by atoms with Crippen molar-refractivity contribution in [2.24, 2.45) is 0 Å². The molecule has 0 aliphatic carbocycles. The van der Waals surface area contributed by atoms with E-state index in [4.69, 9.17) is 16.3 Å². The first-order chi connectivity index (χ1) is 9.99. The van der Waals surface area contributed by atoms with Crippen LogP contribution in [0.2, 0.25) is 5.02 Å². The van der Waals surface area contributed by atoms with Gasteiger partial charge in [0.05, 0.1) is 13.2 Å². The topological polar surface area (TPSA) is 21.3 Å². The van der Waals surface area contributed by atoms with Gasteiger partial charge in [-0.2, -0.15) is 0 Å². The van der Waals surface area contributed by atoms with Crippen LogP contribution in [-0.2, 0) is 0 Å². The Balaban J connectivity index is 2.57. The fourth-order valence-electron chi connectivity index (χ4n) is 2.17. The smallest absolute Gasteiger partial charge is 0.194 e. The second-order valence-corrected chi connectivity index (χ2v) is 4.81. The summed E-state index contributed by atoms with van der Waals surface area (Å²) in [4.78, 5) is 0. The van der Waals surface area contributed by atoms with Gasteiger partial charge in [-0.3, -0.25) is 0 Å². The largest absolute Gasteiger partial charge is 0.496 e.